The van der Waals surface area contributed by atoms with Crippen LogP contribution in [0.2, 0.25) is 0 Å². The maximum absolute atomic E-state index is 12.8. The van der Waals surface area contributed by atoms with Crippen molar-refractivity contribution in [3.05, 3.63) is 40.2 Å². The van der Waals surface area contributed by atoms with E-state index in [9.17, 15) is 18.0 Å². The number of nitrogens with two attached hydrogens (primary N) is 1. The minimum Gasteiger partial charge on any atom is -0.365 e. The van der Waals surface area contributed by atoms with Crippen LogP contribution < -0.4 is 21.9 Å². The molecule has 186 valence electrons. The normalized spacial score (nSPS) is 15.9. The summed E-state index contributed by atoms with van der Waals surface area (Å²) >= 11 is 0. The Labute approximate surface area is 200 Å². The van der Waals surface area contributed by atoms with Crippen molar-refractivity contribution in [2.24, 2.45) is 5.73 Å². The molecule has 0 saturated heterocycles. The van der Waals surface area contributed by atoms with Crippen molar-refractivity contribution in [2.75, 3.05) is 31.3 Å². The summed E-state index contributed by atoms with van der Waals surface area (Å²) in [6, 6.07) is 6.29. The number of carbonyl (C=O) groups is 1. The first-order valence-corrected chi connectivity index (χ1v) is 13.0. The van der Waals surface area contributed by atoms with E-state index in [1.165, 1.54) is 12.5 Å². The van der Waals surface area contributed by atoms with Crippen molar-refractivity contribution in [3.8, 4) is 0 Å². The molecular weight excluding hydrogens is 456 g/mol. The molecule has 1 aromatic carbocycles. The van der Waals surface area contributed by atoms with Gasteiger partial charge < -0.3 is 21.3 Å². The smallest absolute Gasteiger partial charge is 0.267 e. The van der Waals surface area contributed by atoms with Crippen LogP contribution in [0.25, 0.3) is 0 Å². The second-order valence-corrected chi connectivity index (χ2v) is 11.7. The van der Waals surface area contributed by atoms with Gasteiger partial charge in [0.25, 0.3) is 11.5 Å². The summed E-state index contributed by atoms with van der Waals surface area (Å²) in [5, 5.41) is 5.43. The SMILES string of the molecule is CC(C)S(=O)(=O)c1ccccc1Nc1nc(NCC2(N(C)C)CCCCC2)[nH]c(=O)c1C(N)=O. The summed E-state index contributed by atoms with van der Waals surface area (Å²) in [5.41, 5.74) is 4.51. The number of H-pyrrole nitrogens is 1. The monoisotopic (exact) mass is 490 g/mol. The standard InChI is InChI=1S/C23H34N6O4S/c1-15(2)34(32,33)17-11-7-6-10-16(17)26-20-18(19(24)30)21(31)28-22(27-20)25-14-23(29(3)4)12-8-5-9-13-23/h6-7,10-11,15H,5,8-9,12-14H2,1-4H3,(H2,24,30)(H3,25,26,27,28,31). The van der Waals surface area contributed by atoms with Gasteiger partial charge in [0.1, 0.15) is 5.56 Å². The Kier molecular flexibility index (Phi) is 7.67. The van der Waals surface area contributed by atoms with E-state index in [1.807, 2.05) is 14.1 Å². The van der Waals surface area contributed by atoms with Crippen LogP contribution in [0.5, 0.6) is 0 Å². The first-order chi connectivity index (χ1) is 16.0. The van der Waals surface area contributed by atoms with Gasteiger partial charge in [-0.25, -0.2) is 8.42 Å². The van der Waals surface area contributed by atoms with Crippen molar-refractivity contribution >= 4 is 33.2 Å². The third-order valence-corrected chi connectivity index (χ3v) is 8.76. The molecule has 1 aliphatic carbocycles. The van der Waals surface area contributed by atoms with Gasteiger partial charge in [0, 0.05) is 12.1 Å². The summed E-state index contributed by atoms with van der Waals surface area (Å²) in [5.74, 6) is -0.898. The van der Waals surface area contributed by atoms with Gasteiger partial charge in [-0.15, -0.1) is 0 Å². The van der Waals surface area contributed by atoms with Crippen molar-refractivity contribution in [3.63, 3.8) is 0 Å². The number of sulfone groups is 1. The molecule has 1 aliphatic rings. The second-order valence-electron chi connectivity index (χ2n) is 9.25. The number of amides is 1. The number of hydrogen-bond acceptors (Lipinski definition) is 8. The van der Waals surface area contributed by atoms with Crippen LogP contribution in [0.4, 0.5) is 17.5 Å². The third kappa shape index (κ3) is 5.25. The van der Waals surface area contributed by atoms with E-state index in [1.54, 1.807) is 32.0 Å². The fraction of sp³-hybridized carbons (Fsp3) is 0.522. The first kappa shape index (κ1) is 25.7. The second kappa shape index (κ2) is 10.1. The van der Waals surface area contributed by atoms with Crippen molar-refractivity contribution < 1.29 is 13.2 Å². The molecule has 0 bridgehead atoms. The van der Waals surface area contributed by atoms with Crippen LogP contribution >= 0.6 is 0 Å². The number of hydrogen-bond donors (Lipinski definition) is 4. The molecule has 2 aromatic rings. The van der Waals surface area contributed by atoms with E-state index in [4.69, 9.17) is 5.73 Å². The molecule has 1 saturated carbocycles. The number of carbonyl (C=O) groups excluding carboxylic acids is 1. The van der Waals surface area contributed by atoms with Gasteiger partial charge in [-0.1, -0.05) is 31.4 Å². The van der Waals surface area contributed by atoms with Crippen molar-refractivity contribution in [2.45, 2.75) is 61.6 Å². The molecule has 0 aliphatic heterocycles. The van der Waals surface area contributed by atoms with Crippen LogP contribution in [0.15, 0.2) is 34.0 Å². The Hall–Kier alpha value is -2.92. The van der Waals surface area contributed by atoms with Crippen molar-refractivity contribution in [1.29, 1.82) is 0 Å². The van der Waals surface area contributed by atoms with Gasteiger partial charge in [0.15, 0.2) is 15.7 Å². The number of anilines is 3. The summed E-state index contributed by atoms with van der Waals surface area (Å²) in [6.45, 7) is 3.72. The minimum atomic E-state index is -3.64. The highest BCUT2D eigenvalue weighted by Crippen LogP contribution is 2.32. The Morgan fingerprint density at radius 3 is 2.44 bits per heavy atom. The van der Waals surface area contributed by atoms with E-state index in [-0.39, 0.29) is 33.5 Å². The molecule has 0 atom stereocenters. The van der Waals surface area contributed by atoms with Crippen LogP contribution in [-0.4, -0.2) is 60.6 Å². The first-order valence-electron chi connectivity index (χ1n) is 11.4. The van der Waals surface area contributed by atoms with E-state index >= 15 is 0 Å². The number of primary amides is 1. The van der Waals surface area contributed by atoms with E-state index in [0.717, 1.165) is 25.7 Å². The predicted molar refractivity (Wildman–Crippen MR) is 133 cm³/mol. The highest BCUT2D eigenvalue weighted by molar-refractivity contribution is 7.92. The maximum Gasteiger partial charge on any atom is 0.267 e. The fourth-order valence-electron chi connectivity index (χ4n) is 4.32. The Bertz CT molecular complexity index is 1200. The van der Waals surface area contributed by atoms with Crippen LogP contribution in [-0.2, 0) is 9.84 Å². The molecule has 1 fully saturated rings. The minimum absolute atomic E-state index is 0.0470. The maximum atomic E-state index is 12.8. The van der Waals surface area contributed by atoms with Gasteiger partial charge >= 0.3 is 0 Å². The lowest BCUT2D eigenvalue weighted by Crippen LogP contribution is -2.51. The zero-order chi connectivity index (χ0) is 25.1. The number of benzene rings is 1. The molecule has 1 amide bonds. The molecule has 1 aromatic heterocycles. The van der Waals surface area contributed by atoms with E-state index < -0.39 is 26.6 Å². The number of nitrogens with zero attached hydrogens (tertiary/aromatic N) is 2. The molecule has 0 unspecified atom stereocenters. The summed E-state index contributed by atoms with van der Waals surface area (Å²) in [4.78, 5) is 34.0. The van der Waals surface area contributed by atoms with Gasteiger partial charge in [-0.05, 0) is 52.9 Å². The number of aromatic nitrogens is 2. The Morgan fingerprint density at radius 2 is 1.85 bits per heavy atom. The van der Waals surface area contributed by atoms with Crippen LogP contribution in [0.1, 0.15) is 56.3 Å². The largest absolute Gasteiger partial charge is 0.365 e. The van der Waals surface area contributed by atoms with Crippen LogP contribution in [0.3, 0.4) is 0 Å². The average Bonchev–Trinajstić information content (AvgIpc) is 2.78. The quantitative estimate of drug-likeness (QED) is 0.419. The summed E-state index contributed by atoms with van der Waals surface area (Å²) < 4.78 is 25.7. The molecule has 10 nitrogen and oxygen atoms in total. The van der Waals surface area contributed by atoms with E-state index in [2.05, 4.69) is 25.5 Å². The van der Waals surface area contributed by atoms with Gasteiger partial charge in [0.05, 0.1) is 15.8 Å². The van der Waals surface area contributed by atoms with Gasteiger partial charge in [0.2, 0.25) is 5.95 Å². The molecule has 0 spiro atoms. The highest BCUT2D eigenvalue weighted by atomic mass is 32.2. The lowest BCUT2D eigenvalue weighted by Gasteiger charge is -2.43. The molecule has 34 heavy (non-hydrogen) atoms. The van der Waals surface area contributed by atoms with Gasteiger partial charge in [-0.3, -0.25) is 14.6 Å². The number of likely N-dealkylation sites (N-methyl/N-ethyl adjacent to an activating group) is 1. The Balaban J connectivity index is 1.99. The number of para-hydroxylation sites is 1. The molecule has 1 heterocycles. The summed E-state index contributed by atoms with van der Waals surface area (Å²) in [6.07, 6.45) is 5.48. The Morgan fingerprint density at radius 1 is 1.21 bits per heavy atom. The van der Waals surface area contributed by atoms with E-state index in [0.29, 0.717) is 6.54 Å². The highest BCUT2D eigenvalue weighted by Gasteiger charge is 2.34. The topological polar surface area (TPSA) is 150 Å². The summed E-state index contributed by atoms with van der Waals surface area (Å²) in [7, 11) is 0.443. The molecular formula is C23H34N6O4S. The van der Waals surface area contributed by atoms with Crippen molar-refractivity contribution in [1.82, 2.24) is 14.9 Å². The van der Waals surface area contributed by atoms with Gasteiger partial charge in [-0.2, -0.15) is 4.98 Å². The van der Waals surface area contributed by atoms with Crippen LogP contribution in [0, 0.1) is 0 Å². The molecule has 0 radical (unpaired) electrons. The number of rotatable bonds is 9. The zero-order valence-electron chi connectivity index (χ0n) is 20.1. The lowest BCUT2D eigenvalue weighted by atomic mass is 9.80. The third-order valence-electron chi connectivity index (χ3n) is 6.55. The number of nitrogens with one attached hydrogen (secondary N) is 3. The average molecular weight is 491 g/mol. The lowest BCUT2D eigenvalue weighted by molar-refractivity contribution is 0.0999. The molecule has 5 N–H and O–H groups in total. The zero-order valence-corrected chi connectivity index (χ0v) is 21.0. The molecule has 3 rings (SSSR count). The molecule has 11 heteroatoms. The number of aromatic amines is 1. The predicted octanol–water partition coefficient (Wildman–Crippen LogP) is 2.47. The fourth-order valence-corrected chi connectivity index (χ4v) is 5.52.